The monoisotopic (exact) mass is 260 g/mol. The van der Waals surface area contributed by atoms with Crippen molar-refractivity contribution in [2.24, 2.45) is 0 Å². The van der Waals surface area contributed by atoms with Crippen LogP contribution in [0.2, 0.25) is 0 Å². The standard InChI is InChI=1S/C11H17FN2O2S/c1-8(2)14(9(3)4)17(15,16)11-7-5-6-10(12)13-11/h5-9H,1-4H3. The molecular formula is C11H17FN2O2S. The first-order valence-electron chi connectivity index (χ1n) is 5.43. The summed E-state index contributed by atoms with van der Waals surface area (Å²) in [6.07, 6.45) is 0. The second-order valence-electron chi connectivity index (χ2n) is 4.32. The molecule has 0 saturated heterocycles. The Hall–Kier alpha value is -1.01. The van der Waals surface area contributed by atoms with E-state index in [0.717, 1.165) is 6.07 Å². The lowest BCUT2D eigenvalue weighted by Gasteiger charge is -2.28. The van der Waals surface area contributed by atoms with Crippen LogP contribution in [0.5, 0.6) is 0 Å². The zero-order chi connectivity index (χ0) is 13.2. The molecule has 0 aliphatic heterocycles. The van der Waals surface area contributed by atoms with E-state index in [0.29, 0.717) is 0 Å². The van der Waals surface area contributed by atoms with Gasteiger partial charge in [0.2, 0.25) is 5.95 Å². The number of hydrogen-bond donors (Lipinski definition) is 0. The van der Waals surface area contributed by atoms with Crippen LogP contribution >= 0.6 is 0 Å². The van der Waals surface area contributed by atoms with Crippen LogP contribution in [0, 0.1) is 5.95 Å². The summed E-state index contributed by atoms with van der Waals surface area (Å²) >= 11 is 0. The zero-order valence-electron chi connectivity index (χ0n) is 10.4. The summed E-state index contributed by atoms with van der Waals surface area (Å²) < 4.78 is 38.8. The van der Waals surface area contributed by atoms with Crippen molar-refractivity contribution in [2.75, 3.05) is 0 Å². The molecule has 96 valence electrons. The molecular weight excluding hydrogens is 243 g/mol. The highest BCUT2D eigenvalue weighted by Crippen LogP contribution is 2.19. The quantitative estimate of drug-likeness (QED) is 0.778. The van der Waals surface area contributed by atoms with Crippen molar-refractivity contribution >= 4 is 10.0 Å². The smallest absolute Gasteiger partial charge is 0.206 e. The topological polar surface area (TPSA) is 50.3 Å². The lowest BCUT2D eigenvalue weighted by molar-refractivity contribution is 0.301. The number of rotatable bonds is 4. The molecule has 0 amide bonds. The lowest BCUT2D eigenvalue weighted by Crippen LogP contribution is -2.42. The highest BCUT2D eigenvalue weighted by molar-refractivity contribution is 7.89. The van der Waals surface area contributed by atoms with Gasteiger partial charge in [0, 0.05) is 12.1 Å². The predicted octanol–water partition coefficient (Wildman–Crippen LogP) is 2.03. The summed E-state index contributed by atoms with van der Waals surface area (Å²) in [7, 11) is -3.74. The number of sulfonamides is 1. The molecule has 0 bridgehead atoms. The molecule has 0 aliphatic rings. The van der Waals surface area contributed by atoms with Crippen molar-refractivity contribution < 1.29 is 12.8 Å². The Morgan fingerprint density at radius 2 is 1.71 bits per heavy atom. The zero-order valence-corrected chi connectivity index (χ0v) is 11.2. The molecule has 0 aromatic carbocycles. The van der Waals surface area contributed by atoms with Crippen molar-refractivity contribution in [1.82, 2.24) is 9.29 Å². The molecule has 1 aromatic rings. The molecule has 1 rings (SSSR count). The van der Waals surface area contributed by atoms with Gasteiger partial charge in [-0.25, -0.2) is 13.4 Å². The van der Waals surface area contributed by atoms with Gasteiger partial charge in [-0.1, -0.05) is 6.07 Å². The minimum absolute atomic E-state index is 0.204. The first kappa shape index (κ1) is 14.1. The van der Waals surface area contributed by atoms with E-state index >= 15 is 0 Å². The third kappa shape index (κ3) is 3.01. The van der Waals surface area contributed by atoms with E-state index in [-0.39, 0.29) is 17.1 Å². The van der Waals surface area contributed by atoms with Crippen LogP contribution in [-0.2, 0) is 10.0 Å². The maximum absolute atomic E-state index is 13.0. The average molecular weight is 260 g/mol. The lowest BCUT2D eigenvalue weighted by atomic mass is 10.3. The van der Waals surface area contributed by atoms with E-state index in [1.165, 1.54) is 16.4 Å². The molecule has 0 saturated carbocycles. The molecule has 6 heteroatoms. The van der Waals surface area contributed by atoms with Crippen molar-refractivity contribution in [1.29, 1.82) is 0 Å². The third-order valence-electron chi connectivity index (χ3n) is 2.25. The number of hydrogen-bond acceptors (Lipinski definition) is 3. The SMILES string of the molecule is CC(C)N(C(C)C)S(=O)(=O)c1cccc(F)n1. The molecule has 0 aliphatic carbocycles. The second kappa shape index (κ2) is 5.10. The van der Waals surface area contributed by atoms with Crippen LogP contribution in [0.3, 0.4) is 0 Å². The number of pyridine rings is 1. The fourth-order valence-corrected chi connectivity index (χ4v) is 3.57. The molecule has 4 nitrogen and oxygen atoms in total. The molecule has 0 spiro atoms. The Morgan fingerprint density at radius 1 is 1.18 bits per heavy atom. The second-order valence-corrected chi connectivity index (χ2v) is 6.11. The largest absolute Gasteiger partial charge is 0.261 e. The van der Waals surface area contributed by atoms with Crippen molar-refractivity contribution in [3.05, 3.63) is 24.1 Å². The Balaban J connectivity index is 3.26. The van der Waals surface area contributed by atoms with Crippen LogP contribution in [0.25, 0.3) is 0 Å². The molecule has 0 N–H and O–H groups in total. The summed E-state index contributed by atoms with van der Waals surface area (Å²) in [4.78, 5) is 3.43. The van der Waals surface area contributed by atoms with E-state index in [9.17, 15) is 12.8 Å². The van der Waals surface area contributed by atoms with Crippen LogP contribution in [0.4, 0.5) is 4.39 Å². The van der Waals surface area contributed by atoms with Gasteiger partial charge in [-0.05, 0) is 39.8 Å². The van der Waals surface area contributed by atoms with Crippen molar-refractivity contribution in [2.45, 2.75) is 44.8 Å². The van der Waals surface area contributed by atoms with Gasteiger partial charge in [-0.3, -0.25) is 0 Å². The van der Waals surface area contributed by atoms with Gasteiger partial charge in [-0.15, -0.1) is 0 Å². The highest BCUT2D eigenvalue weighted by atomic mass is 32.2. The molecule has 1 heterocycles. The Bertz CT molecular complexity index is 478. The molecule has 0 atom stereocenters. The van der Waals surface area contributed by atoms with Gasteiger partial charge in [-0.2, -0.15) is 8.70 Å². The number of aromatic nitrogens is 1. The summed E-state index contributed by atoms with van der Waals surface area (Å²) in [5.41, 5.74) is 0. The predicted molar refractivity (Wildman–Crippen MR) is 63.5 cm³/mol. The van der Waals surface area contributed by atoms with Crippen LogP contribution in [-0.4, -0.2) is 29.8 Å². The minimum atomic E-state index is -3.74. The van der Waals surface area contributed by atoms with Crippen LogP contribution < -0.4 is 0 Å². The van der Waals surface area contributed by atoms with Gasteiger partial charge in [0.15, 0.2) is 5.03 Å². The van der Waals surface area contributed by atoms with Gasteiger partial charge >= 0.3 is 0 Å². The minimum Gasteiger partial charge on any atom is -0.206 e. The summed E-state index contributed by atoms with van der Waals surface area (Å²) in [5.74, 6) is -0.793. The number of nitrogens with zero attached hydrogens (tertiary/aromatic N) is 2. The average Bonchev–Trinajstić information content (AvgIpc) is 2.15. The maximum atomic E-state index is 13.0. The fourth-order valence-electron chi connectivity index (χ4n) is 1.79. The Kier molecular flexibility index (Phi) is 4.21. The maximum Gasteiger partial charge on any atom is 0.261 e. The molecule has 1 aromatic heterocycles. The first-order chi connectivity index (χ1) is 7.76. The van der Waals surface area contributed by atoms with Gasteiger partial charge in [0.25, 0.3) is 10.0 Å². The van der Waals surface area contributed by atoms with Gasteiger partial charge in [0.05, 0.1) is 0 Å². The van der Waals surface area contributed by atoms with Crippen molar-refractivity contribution in [3.8, 4) is 0 Å². The highest BCUT2D eigenvalue weighted by Gasteiger charge is 2.30. The Morgan fingerprint density at radius 3 is 2.12 bits per heavy atom. The van der Waals surface area contributed by atoms with E-state index in [1.54, 1.807) is 27.7 Å². The number of halogens is 1. The first-order valence-corrected chi connectivity index (χ1v) is 6.87. The third-order valence-corrected chi connectivity index (χ3v) is 4.40. The normalized spacial score (nSPS) is 12.7. The fraction of sp³-hybridized carbons (Fsp3) is 0.545. The molecule has 17 heavy (non-hydrogen) atoms. The van der Waals surface area contributed by atoms with Gasteiger partial charge in [0.1, 0.15) is 0 Å². The van der Waals surface area contributed by atoms with E-state index in [2.05, 4.69) is 4.98 Å². The molecule has 0 radical (unpaired) electrons. The molecule has 0 unspecified atom stereocenters. The van der Waals surface area contributed by atoms with Gasteiger partial charge < -0.3 is 0 Å². The summed E-state index contributed by atoms with van der Waals surface area (Å²) in [6, 6.07) is 3.35. The Labute approximate surface area is 102 Å². The van der Waals surface area contributed by atoms with E-state index in [1.807, 2.05) is 0 Å². The molecule has 0 fully saturated rings. The van der Waals surface area contributed by atoms with E-state index < -0.39 is 16.0 Å². The summed E-state index contributed by atoms with van der Waals surface area (Å²) in [6.45, 7) is 7.10. The van der Waals surface area contributed by atoms with E-state index in [4.69, 9.17) is 0 Å². The summed E-state index contributed by atoms with van der Waals surface area (Å²) in [5, 5.41) is -0.250. The van der Waals surface area contributed by atoms with Crippen molar-refractivity contribution in [3.63, 3.8) is 0 Å². The van der Waals surface area contributed by atoms with Crippen LogP contribution in [0.1, 0.15) is 27.7 Å². The van der Waals surface area contributed by atoms with Crippen LogP contribution in [0.15, 0.2) is 23.2 Å².